The minimum atomic E-state index is 0.586. The van der Waals surface area contributed by atoms with Crippen LogP contribution in [0.5, 0.6) is 0 Å². The number of aromatic nitrogens is 2. The van der Waals surface area contributed by atoms with Crippen LogP contribution in [0.4, 0.5) is 0 Å². The van der Waals surface area contributed by atoms with E-state index in [0.29, 0.717) is 5.15 Å². The zero-order valence-electron chi connectivity index (χ0n) is 11.2. The molecule has 0 bridgehead atoms. The molecule has 0 fully saturated rings. The summed E-state index contributed by atoms with van der Waals surface area (Å²) in [4.78, 5) is 8.83. The Labute approximate surface area is 113 Å². The van der Waals surface area contributed by atoms with E-state index in [1.54, 1.807) is 0 Å². The molecule has 18 heavy (non-hydrogen) atoms. The third-order valence-electron chi connectivity index (χ3n) is 3.34. The van der Waals surface area contributed by atoms with Gasteiger partial charge in [0.25, 0.3) is 0 Å². The second kappa shape index (κ2) is 5.07. The third kappa shape index (κ3) is 2.39. The minimum absolute atomic E-state index is 0.586. The second-order valence-corrected chi connectivity index (χ2v) is 4.92. The lowest BCUT2D eigenvalue weighted by molar-refractivity contribution is 1.08. The van der Waals surface area contributed by atoms with Gasteiger partial charge in [0, 0.05) is 17.5 Å². The fourth-order valence-electron chi connectivity index (χ4n) is 1.93. The van der Waals surface area contributed by atoms with E-state index in [1.165, 1.54) is 11.1 Å². The van der Waals surface area contributed by atoms with E-state index in [9.17, 15) is 0 Å². The molecule has 0 amide bonds. The number of halogens is 1. The maximum Gasteiger partial charge on any atom is 0.132 e. The predicted octanol–water partition coefficient (Wildman–Crippen LogP) is 4.28. The summed E-state index contributed by atoms with van der Waals surface area (Å²) in [7, 11) is 0. The van der Waals surface area contributed by atoms with E-state index in [0.717, 1.165) is 28.9 Å². The standard InChI is InChI=1S/C15H17ClN2/c1-5-12-7-14(18-15(16)10(12)3)13-6-9(2)11(4)17-8-13/h6-8H,5H2,1-4H3. The van der Waals surface area contributed by atoms with Crippen LogP contribution in [0.25, 0.3) is 11.3 Å². The highest BCUT2D eigenvalue weighted by molar-refractivity contribution is 6.30. The van der Waals surface area contributed by atoms with Gasteiger partial charge in [-0.25, -0.2) is 4.98 Å². The molecule has 0 unspecified atom stereocenters. The van der Waals surface area contributed by atoms with Gasteiger partial charge < -0.3 is 0 Å². The summed E-state index contributed by atoms with van der Waals surface area (Å²) in [5.41, 5.74) is 6.45. The monoisotopic (exact) mass is 260 g/mol. The lowest BCUT2D eigenvalue weighted by Crippen LogP contribution is -1.95. The van der Waals surface area contributed by atoms with Crippen LogP contribution in [-0.2, 0) is 6.42 Å². The summed E-state index contributed by atoms with van der Waals surface area (Å²) in [6, 6.07) is 4.21. The molecular weight excluding hydrogens is 244 g/mol. The predicted molar refractivity (Wildman–Crippen MR) is 76.1 cm³/mol. The third-order valence-corrected chi connectivity index (χ3v) is 3.71. The molecule has 0 aliphatic carbocycles. The summed E-state index contributed by atoms with van der Waals surface area (Å²) in [6.07, 6.45) is 2.81. The van der Waals surface area contributed by atoms with Crippen molar-refractivity contribution in [2.45, 2.75) is 34.1 Å². The number of pyridine rings is 2. The number of rotatable bonds is 2. The van der Waals surface area contributed by atoms with Crippen molar-refractivity contribution in [2.24, 2.45) is 0 Å². The van der Waals surface area contributed by atoms with Crippen LogP contribution >= 0.6 is 11.6 Å². The van der Waals surface area contributed by atoms with Crippen LogP contribution in [0.3, 0.4) is 0 Å². The van der Waals surface area contributed by atoms with Gasteiger partial charge in [0.2, 0.25) is 0 Å². The van der Waals surface area contributed by atoms with Crippen LogP contribution in [0.2, 0.25) is 5.15 Å². The average molecular weight is 261 g/mol. The van der Waals surface area contributed by atoms with Crippen molar-refractivity contribution < 1.29 is 0 Å². The molecule has 2 aromatic rings. The van der Waals surface area contributed by atoms with Crippen molar-refractivity contribution in [3.63, 3.8) is 0 Å². The lowest BCUT2D eigenvalue weighted by Gasteiger charge is -2.09. The van der Waals surface area contributed by atoms with Crippen LogP contribution in [0.15, 0.2) is 18.3 Å². The van der Waals surface area contributed by atoms with Gasteiger partial charge in [0.1, 0.15) is 5.15 Å². The molecule has 0 radical (unpaired) electrons. The van der Waals surface area contributed by atoms with Crippen molar-refractivity contribution in [1.82, 2.24) is 9.97 Å². The number of aryl methyl sites for hydroxylation is 3. The van der Waals surface area contributed by atoms with E-state index in [2.05, 4.69) is 35.9 Å². The largest absolute Gasteiger partial charge is 0.261 e. The van der Waals surface area contributed by atoms with Gasteiger partial charge in [-0.1, -0.05) is 18.5 Å². The molecule has 2 rings (SSSR count). The van der Waals surface area contributed by atoms with E-state index in [-0.39, 0.29) is 0 Å². The first-order valence-electron chi connectivity index (χ1n) is 6.12. The van der Waals surface area contributed by atoms with Crippen LogP contribution in [0.1, 0.15) is 29.3 Å². The maximum atomic E-state index is 6.19. The number of hydrogen-bond donors (Lipinski definition) is 0. The molecule has 94 valence electrons. The quantitative estimate of drug-likeness (QED) is 0.753. The van der Waals surface area contributed by atoms with Crippen molar-refractivity contribution in [1.29, 1.82) is 0 Å². The topological polar surface area (TPSA) is 25.8 Å². The van der Waals surface area contributed by atoms with Crippen molar-refractivity contribution >= 4 is 11.6 Å². The molecular formula is C15H17ClN2. The van der Waals surface area contributed by atoms with Gasteiger partial charge in [0.15, 0.2) is 0 Å². The first-order chi connectivity index (χ1) is 8.52. The smallest absolute Gasteiger partial charge is 0.132 e. The molecule has 0 aliphatic rings. The Morgan fingerprint density at radius 3 is 2.50 bits per heavy atom. The molecule has 0 aromatic carbocycles. The van der Waals surface area contributed by atoms with E-state index >= 15 is 0 Å². The van der Waals surface area contributed by atoms with Crippen LogP contribution in [0, 0.1) is 20.8 Å². The van der Waals surface area contributed by atoms with Crippen LogP contribution in [-0.4, -0.2) is 9.97 Å². The Hall–Kier alpha value is -1.41. The van der Waals surface area contributed by atoms with Gasteiger partial charge in [-0.05, 0) is 56.0 Å². The van der Waals surface area contributed by atoms with E-state index in [1.807, 2.05) is 20.0 Å². The fraction of sp³-hybridized carbons (Fsp3) is 0.333. The molecule has 3 heteroatoms. The summed E-state index contributed by atoms with van der Waals surface area (Å²) in [6.45, 7) is 8.20. The molecule has 2 heterocycles. The highest BCUT2D eigenvalue weighted by Gasteiger charge is 2.09. The SMILES string of the molecule is CCc1cc(-c2cnc(C)c(C)c2)nc(Cl)c1C. The molecule has 0 saturated heterocycles. The number of nitrogens with zero attached hydrogens (tertiary/aromatic N) is 2. The van der Waals surface area contributed by atoms with Crippen molar-refractivity contribution in [3.8, 4) is 11.3 Å². The Morgan fingerprint density at radius 1 is 1.17 bits per heavy atom. The van der Waals surface area contributed by atoms with Gasteiger partial charge in [-0.3, -0.25) is 4.98 Å². The molecule has 2 aromatic heterocycles. The maximum absolute atomic E-state index is 6.19. The minimum Gasteiger partial charge on any atom is -0.261 e. The number of hydrogen-bond acceptors (Lipinski definition) is 2. The highest BCUT2D eigenvalue weighted by Crippen LogP contribution is 2.25. The fourth-order valence-corrected chi connectivity index (χ4v) is 2.14. The normalized spacial score (nSPS) is 10.7. The van der Waals surface area contributed by atoms with Crippen LogP contribution < -0.4 is 0 Å². The first kappa shape index (κ1) is 13.0. The van der Waals surface area contributed by atoms with Gasteiger partial charge >= 0.3 is 0 Å². The molecule has 0 atom stereocenters. The van der Waals surface area contributed by atoms with Gasteiger partial charge in [-0.15, -0.1) is 0 Å². The molecule has 0 saturated carbocycles. The molecule has 0 N–H and O–H groups in total. The zero-order valence-corrected chi connectivity index (χ0v) is 12.0. The summed E-state index contributed by atoms with van der Waals surface area (Å²) < 4.78 is 0. The molecule has 2 nitrogen and oxygen atoms in total. The van der Waals surface area contributed by atoms with Crippen molar-refractivity contribution in [2.75, 3.05) is 0 Å². The Morgan fingerprint density at radius 2 is 1.89 bits per heavy atom. The van der Waals surface area contributed by atoms with E-state index in [4.69, 9.17) is 11.6 Å². The Bertz CT molecular complexity index is 591. The van der Waals surface area contributed by atoms with E-state index < -0.39 is 0 Å². The first-order valence-corrected chi connectivity index (χ1v) is 6.50. The van der Waals surface area contributed by atoms with Crippen molar-refractivity contribution in [3.05, 3.63) is 45.9 Å². The van der Waals surface area contributed by atoms with Gasteiger partial charge in [-0.2, -0.15) is 0 Å². The summed E-state index contributed by atoms with van der Waals surface area (Å²) in [5.74, 6) is 0. The zero-order chi connectivity index (χ0) is 13.3. The summed E-state index contributed by atoms with van der Waals surface area (Å²) >= 11 is 6.19. The lowest BCUT2D eigenvalue weighted by atomic mass is 10.0. The molecule has 0 aliphatic heterocycles. The molecule has 0 spiro atoms. The average Bonchev–Trinajstić information content (AvgIpc) is 2.36. The second-order valence-electron chi connectivity index (χ2n) is 4.56. The summed E-state index contributed by atoms with van der Waals surface area (Å²) in [5, 5.41) is 0.586. The Kier molecular flexibility index (Phi) is 3.67. The Balaban J connectivity index is 2.57. The highest BCUT2D eigenvalue weighted by atomic mass is 35.5. The van der Waals surface area contributed by atoms with Gasteiger partial charge in [0.05, 0.1) is 5.69 Å².